The highest BCUT2D eigenvalue weighted by molar-refractivity contribution is 7.93. The summed E-state index contributed by atoms with van der Waals surface area (Å²) in [6.45, 7) is 3.75. The summed E-state index contributed by atoms with van der Waals surface area (Å²) in [5.41, 5.74) is 4.63. The Hall–Kier alpha value is -4.30. The van der Waals surface area contributed by atoms with Gasteiger partial charge in [0.2, 0.25) is 10.0 Å². The third-order valence-corrected chi connectivity index (χ3v) is 7.89. The fourth-order valence-electron chi connectivity index (χ4n) is 3.87. The van der Waals surface area contributed by atoms with Gasteiger partial charge in [-0.25, -0.2) is 8.42 Å². The van der Waals surface area contributed by atoms with E-state index in [9.17, 15) is 18.3 Å². The molecule has 4 aromatic carbocycles. The molecule has 0 heterocycles. The molecule has 0 bridgehead atoms. The lowest BCUT2D eigenvalue weighted by molar-refractivity contribution is 0.102. The number of amides is 1. The molecule has 0 fully saturated rings. The summed E-state index contributed by atoms with van der Waals surface area (Å²) in [5, 5.41) is 11.9. The monoisotopic (exact) mass is 544 g/mol. The average Bonchev–Trinajstić information content (AvgIpc) is 2.92. The first-order valence-corrected chi connectivity index (χ1v) is 14.3. The second kappa shape index (κ2) is 12.5. The number of carbonyl (C=O) groups excluding carboxylic acids is 1. The molecule has 4 rings (SSSR count). The Morgan fingerprint density at radius 2 is 1.49 bits per heavy atom. The molecule has 0 spiro atoms. The van der Waals surface area contributed by atoms with Crippen molar-refractivity contribution in [2.45, 2.75) is 31.9 Å². The molecule has 7 nitrogen and oxygen atoms in total. The summed E-state index contributed by atoms with van der Waals surface area (Å²) in [5.74, 6) is 0.631. The van der Waals surface area contributed by atoms with Gasteiger partial charge in [-0.2, -0.15) is 0 Å². The van der Waals surface area contributed by atoms with Gasteiger partial charge in [0.05, 0.1) is 11.9 Å². The van der Waals surface area contributed by atoms with Crippen molar-refractivity contribution in [3.8, 4) is 22.6 Å². The maximum absolute atomic E-state index is 12.8. The number of nitrogens with one attached hydrogen (secondary N) is 2. The van der Waals surface area contributed by atoms with Crippen LogP contribution in [-0.4, -0.2) is 31.3 Å². The molecule has 0 saturated carbocycles. The Labute approximate surface area is 229 Å². The van der Waals surface area contributed by atoms with E-state index in [4.69, 9.17) is 4.74 Å². The molecule has 3 N–H and O–H groups in total. The fraction of sp³-hybridized carbons (Fsp3) is 0.194. The third-order valence-electron chi connectivity index (χ3n) is 6.13. The van der Waals surface area contributed by atoms with Gasteiger partial charge in [0.25, 0.3) is 5.91 Å². The van der Waals surface area contributed by atoms with Crippen molar-refractivity contribution in [1.29, 1.82) is 0 Å². The topological polar surface area (TPSA) is 105 Å². The molecule has 0 aliphatic rings. The van der Waals surface area contributed by atoms with Crippen molar-refractivity contribution in [1.82, 2.24) is 0 Å². The van der Waals surface area contributed by atoms with Crippen LogP contribution in [0.1, 0.15) is 36.2 Å². The number of anilines is 2. The van der Waals surface area contributed by atoms with E-state index < -0.39 is 15.3 Å². The van der Waals surface area contributed by atoms with E-state index in [0.717, 1.165) is 29.5 Å². The number of phenolic OH excluding ortho intramolecular Hbond substituents is 1. The van der Waals surface area contributed by atoms with Gasteiger partial charge < -0.3 is 15.2 Å². The molecule has 0 aliphatic heterocycles. The van der Waals surface area contributed by atoms with Gasteiger partial charge in [-0.15, -0.1) is 0 Å². The number of carbonyl (C=O) groups is 1. The molecule has 8 heteroatoms. The Kier molecular flexibility index (Phi) is 8.88. The Morgan fingerprint density at radius 1 is 0.846 bits per heavy atom. The van der Waals surface area contributed by atoms with Gasteiger partial charge >= 0.3 is 0 Å². The van der Waals surface area contributed by atoms with Crippen LogP contribution in [0.3, 0.4) is 0 Å². The third kappa shape index (κ3) is 7.85. The minimum Gasteiger partial charge on any atom is -0.508 e. The lowest BCUT2D eigenvalue weighted by atomic mass is 10.0. The van der Waals surface area contributed by atoms with Crippen LogP contribution in [0.2, 0.25) is 0 Å². The molecule has 0 aliphatic carbocycles. The van der Waals surface area contributed by atoms with Gasteiger partial charge in [0, 0.05) is 23.0 Å². The second-order valence-electron chi connectivity index (χ2n) is 9.45. The van der Waals surface area contributed by atoms with Crippen LogP contribution >= 0.6 is 0 Å². The van der Waals surface area contributed by atoms with Crippen molar-refractivity contribution < 1.29 is 23.1 Å². The van der Waals surface area contributed by atoms with Crippen molar-refractivity contribution in [3.05, 3.63) is 108 Å². The van der Waals surface area contributed by atoms with Crippen molar-refractivity contribution in [2.24, 2.45) is 0 Å². The zero-order valence-corrected chi connectivity index (χ0v) is 22.7. The van der Waals surface area contributed by atoms with Gasteiger partial charge in [-0.1, -0.05) is 42.5 Å². The number of aryl methyl sites for hydroxylation is 1. The van der Waals surface area contributed by atoms with E-state index in [1.54, 1.807) is 56.3 Å². The van der Waals surface area contributed by atoms with Crippen molar-refractivity contribution in [3.63, 3.8) is 0 Å². The van der Waals surface area contributed by atoms with E-state index in [1.165, 1.54) is 0 Å². The lowest BCUT2D eigenvalue weighted by Gasteiger charge is -2.12. The smallest absolute Gasteiger partial charge is 0.255 e. The highest BCUT2D eigenvalue weighted by atomic mass is 32.2. The first-order valence-electron chi connectivity index (χ1n) is 12.7. The van der Waals surface area contributed by atoms with E-state index in [-0.39, 0.29) is 11.7 Å². The maximum atomic E-state index is 12.8. The van der Waals surface area contributed by atoms with E-state index in [2.05, 4.69) is 10.0 Å². The maximum Gasteiger partial charge on any atom is 0.255 e. The van der Waals surface area contributed by atoms with Crippen LogP contribution in [0, 0.1) is 0 Å². The molecule has 0 saturated heterocycles. The molecule has 202 valence electrons. The Balaban J connectivity index is 1.28. The molecule has 0 radical (unpaired) electrons. The first-order chi connectivity index (χ1) is 18.7. The van der Waals surface area contributed by atoms with Crippen LogP contribution in [0.15, 0.2) is 97.1 Å². The Bertz CT molecular complexity index is 1520. The number of benzene rings is 4. The van der Waals surface area contributed by atoms with Crippen molar-refractivity contribution >= 4 is 27.3 Å². The van der Waals surface area contributed by atoms with Crippen LogP contribution in [0.25, 0.3) is 11.1 Å². The SMILES string of the molecule is CC(C)S(=O)(=O)Nc1cccc(CCCOc2cccc(NC(=O)c3ccc(-c4ccc(O)cc4)cc3)c2)c1. The van der Waals surface area contributed by atoms with Crippen LogP contribution < -0.4 is 14.8 Å². The zero-order chi connectivity index (χ0) is 27.8. The van der Waals surface area contributed by atoms with E-state index in [1.807, 2.05) is 54.6 Å². The first kappa shape index (κ1) is 27.7. The molecule has 1 amide bonds. The summed E-state index contributed by atoms with van der Waals surface area (Å²) < 4.78 is 32.7. The summed E-state index contributed by atoms with van der Waals surface area (Å²) in [6, 6.07) is 28.8. The molecule has 4 aromatic rings. The molecule has 0 aromatic heterocycles. The number of phenols is 1. The highest BCUT2D eigenvalue weighted by Gasteiger charge is 2.15. The molecular formula is C31H32N2O5S. The largest absolute Gasteiger partial charge is 0.508 e. The summed E-state index contributed by atoms with van der Waals surface area (Å²) in [4.78, 5) is 12.8. The summed E-state index contributed by atoms with van der Waals surface area (Å²) >= 11 is 0. The molecule has 0 atom stereocenters. The predicted molar refractivity (Wildman–Crippen MR) is 156 cm³/mol. The van der Waals surface area contributed by atoms with E-state index >= 15 is 0 Å². The van der Waals surface area contributed by atoms with E-state index in [0.29, 0.717) is 29.3 Å². The minimum atomic E-state index is -3.39. The van der Waals surface area contributed by atoms with Gasteiger partial charge in [0.1, 0.15) is 11.5 Å². The van der Waals surface area contributed by atoms with Gasteiger partial charge in [-0.05, 0) is 91.9 Å². The Morgan fingerprint density at radius 3 is 2.18 bits per heavy atom. The quantitative estimate of drug-likeness (QED) is 0.188. The fourth-order valence-corrected chi connectivity index (χ4v) is 4.56. The zero-order valence-electron chi connectivity index (χ0n) is 21.9. The number of hydrogen-bond acceptors (Lipinski definition) is 5. The van der Waals surface area contributed by atoms with Crippen LogP contribution in [-0.2, 0) is 16.4 Å². The number of ether oxygens (including phenoxy) is 1. The minimum absolute atomic E-state index is 0.209. The summed E-state index contributed by atoms with van der Waals surface area (Å²) in [6.07, 6.45) is 1.47. The molecule has 39 heavy (non-hydrogen) atoms. The highest BCUT2D eigenvalue weighted by Crippen LogP contribution is 2.23. The average molecular weight is 545 g/mol. The molecule has 0 unspecified atom stereocenters. The normalized spacial score (nSPS) is 11.3. The van der Waals surface area contributed by atoms with Gasteiger partial charge in [-0.3, -0.25) is 9.52 Å². The van der Waals surface area contributed by atoms with Crippen LogP contribution in [0.5, 0.6) is 11.5 Å². The van der Waals surface area contributed by atoms with Gasteiger partial charge in [0.15, 0.2) is 0 Å². The standard InChI is InChI=1S/C31H32N2O5S/c1-22(2)39(36,37)33-28-9-3-6-23(20-28)7-5-19-38-30-10-4-8-27(21-30)32-31(35)26-13-11-24(12-14-26)25-15-17-29(34)18-16-25/h3-4,6,8-18,20-22,33-34H,5,7,19H2,1-2H3,(H,32,35). The summed E-state index contributed by atoms with van der Waals surface area (Å²) in [7, 11) is -3.39. The molecular weight excluding hydrogens is 512 g/mol. The van der Waals surface area contributed by atoms with Crippen molar-refractivity contribution in [2.75, 3.05) is 16.6 Å². The van der Waals surface area contributed by atoms with Crippen LogP contribution in [0.4, 0.5) is 11.4 Å². The second-order valence-corrected chi connectivity index (χ2v) is 11.7. The number of sulfonamides is 1. The predicted octanol–water partition coefficient (Wildman–Crippen LogP) is 6.47. The number of hydrogen-bond donors (Lipinski definition) is 3. The number of aromatic hydroxyl groups is 1. The lowest BCUT2D eigenvalue weighted by Crippen LogP contribution is -2.22. The number of rotatable bonds is 11.